The summed E-state index contributed by atoms with van der Waals surface area (Å²) in [5.41, 5.74) is 1.62. The molecular weight excluding hydrogens is 402 g/mol. The highest BCUT2D eigenvalue weighted by molar-refractivity contribution is 7.09. The first-order valence-corrected chi connectivity index (χ1v) is 10.3. The number of rotatable bonds is 3. The van der Waals surface area contributed by atoms with E-state index < -0.39 is 11.8 Å². The lowest BCUT2D eigenvalue weighted by atomic mass is 9.79. The highest BCUT2D eigenvalue weighted by atomic mass is 32.1. The molecule has 0 aliphatic carbocycles. The number of aryl methyl sites for hydroxylation is 1. The average Bonchev–Trinajstić information content (AvgIpc) is 3.41. The molecule has 30 heavy (non-hydrogen) atoms. The molecule has 0 spiro atoms. The first-order chi connectivity index (χ1) is 14.6. The van der Waals surface area contributed by atoms with Crippen LogP contribution in [0.15, 0.2) is 46.6 Å². The molecule has 1 unspecified atom stereocenters. The van der Waals surface area contributed by atoms with E-state index >= 15 is 0 Å². The number of aromatic nitrogens is 1. The molecule has 1 aromatic carbocycles. The second-order valence-electron chi connectivity index (χ2n) is 7.20. The maximum absolute atomic E-state index is 13.6. The van der Waals surface area contributed by atoms with Gasteiger partial charge in [0.1, 0.15) is 11.7 Å². The first kappa shape index (κ1) is 18.5. The molecule has 2 aliphatic rings. The van der Waals surface area contributed by atoms with Gasteiger partial charge in [0.2, 0.25) is 12.7 Å². The summed E-state index contributed by atoms with van der Waals surface area (Å²) in [6.07, 6.45) is 0. The molecule has 150 valence electrons. The molecular formula is C22H17N3O4S. The predicted octanol–water partition coefficient (Wildman–Crippen LogP) is 3.64. The summed E-state index contributed by atoms with van der Waals surface area (Å²) in [7, 11) is 0. The molecule has 0 saturated carbocycles. The topological polar surface area (TPSA) is 97.3 Å². The molecule has 5 rings (SSSR count). The van der Waals surface area contributed by atoms with E-state index in [1.165, 1.54) is 0 Å². The van der Waals surface area contributed by atoms with Crippen LogP contribution in [-0.4, -0.2) is 17.3 Å². The number of ether oxygens (including phenoxy) is 3. The van der Waals surface area contributed by atoms with Crippen molar-refractivity contribution in [2.24, 2.45) is 5.92 Å². The summed E-state index contributed by atoms with van der Waals surface area (Å²) in [5.74, 6) is -0.197. The zero-order valence-electron chi connectivity index (χ0n) is 16.0. The highest BCUT2D eigenvalue weighted by Crippen LogP contribution is 2.43. The van der Waals surface area contributed by atoms with Crippen molar-refractivity contribution in [2.45, 2.75) is 19.4 Å². The fourth-order valence-electron chi connectivity index (χ4n) is 3.98. The summed E-state index contributed by atoms with van der Waals surface area (Å²) in [4.78, 5) is 14.7. The van der Waals surface area contributed by atoms with E-state index in [9.17, 15) is 10.1 Å². The lowest BCUT2D eigenvalue weighted by molar-refractivity contribution is 0.174. The number of hydrogen-bond donors (Lipinski definition) is 1. The van der Waals surface area contributed by atoms with Gasteiger partial charge in [-0.15, -0.1) is 11.3 Å². The number of nitriles is 1. The SMILES string of the molecule is Cc1cc2c(c(=O)n1Cc1cccs1)[C@H](c1ccc3c(c1)OCO3)C(C#N)C(=N)O2. The Morgan fingerprint density at radius 2 is 2.07 bits per heavy atom. The fraction of sp³-hybridized carbons (Fsp3) is 0.227. The molecule has 0 bridgehead atoms. The molecule has 0 radical (unpaired) electrons. The molecule has 2 aromatic heterocycles. The van der Waals surface area contributed by atoms with Gasteiger partial charge in [-0.2, -0.15) is 5.26 Å². The van der Waals surface area contributed by atoms with Crippen LogP contribution in [0.25, 0.3) is 0 Å². The quantitative estimate of drug-likeness (QED) is 0.699. The molecule has 0 saturated heterocycles. The third-order valence-electron chi connectivity index (χ3n) is 5.44. The van der Waals surface area contributed by atoms with Gasteiger partial charge in [-0.1, -0.05) is 12.1 Å². The Morgan fingerprint density at radius 1 is 1.23 bits per heavy atom. The third-order valence-corrected chi connectivity index (χ3v) is 6.30. The molecule has 2 aliphatic heterocycles. The van der Waals surface area contributed by atoms with Gasteiger partial charge in [-0.05, 0) is 36.1 Å². The third kappa shape index (κ3) is 2.86. The van der Waals surface area contributed by atoms with E-state index in [0.717, 1.165) is 10.6 Å². The Bertz CT molecular complexity index is 1260. The van der Waals surface area contributed by atoms with Gasteiger partial charge >= 0.3 is 0 Å². The van der Waals surface area contributed by atoms with Gasteiger partial charge in [0.25, 0.3) is 5.56 Å². The van der Waals surface area contributed by atoms with Gasteiger partial charge in [0.15, 0.2) is 11.5 Å². The Balaban J connectivity index is 1.70. The molecule has 0 amide bonds. The molecule has 7 nitrogen and oxygen atoms in total. The molecule has 0 fully saturated rings. The van der Waals surface area contributed by atoms with Crippen LogP contribution in [-0.2, 0) is 6.54 Å². The van der Waals surface area contributed by atoms with Crippen LogP contribution in [0.3, 0.4) is 0 Å². The van der Waals surface area contributed by atoms with Crippen LogP contribution in [0.4, 0.5) is 0 Å². The summed E-state index contributed by atoms with van der Waals surface area (Å²) < 4.78 is 18.2. The van der Waals surface area contributed by atoms with Crippen LogP contribution < -0.4 is 19.8 Å². The van der Waals surface area contributed by atoms with Crippen molar-refractivity contribution in [3.63, 3.8) is 0 Å². The van der Waals surface area contributed by atoms with Gasteiger partial charge in [0, 0.05) is 22.6 Å². The number of thiophene rings is 1. The predicted molar refractivity (Wildman–Crippen MR) is 111 cm³/mol. The summed E-state index contributed by atoms with van der Waals surface area (Å²) in [6.45, 7) is 2.42. The average molecular weight is 419 g/mol. The number of pyridine rings is 1. The van der Waals surface area contributed by atoms with E-state index in [0.29, 0.717) is 34.9 Å². The Morgan fingerprint density at radius 3 is 2.83 bits per heavy atom. The van der Waals surface area contributed by atoms with Crippen molar-refractivity contribution >= 4 is 17.2 Å². The van der Waals surface area contributed by atoms with Crippen molar-refractivity contribution in [1.29, 1.82) is 10.7 Å². The standard InChI is InChI=1S/C22H17N3O4S/c1-12-7-18-20(22(26)25(12)10-14-3-2-6-30-14)19(15(9-23)21(24)29-18)13-4-5-16-17(8-13)28-11-27-16/h2-8,15,19,24H,10-11H2,1H3/t15?,19-/m1/s1. The van der Waals surface area contributed by atoms with E-state index in [-0.39, 0.29) is 18.2 Å². The summed E-state index contributed by atoms with van der Waals surface area (Å²) in [6, 6.07) is 13.2. The lowest BCUT2D eigenvalue weighted by Crippen LogP contribution is -2.38. The molecule has 8 heteroatoms. The largest absolute Gasteiger partial charge is 0.454 e. The summed E-state index contributed by atoms with van der Waals surface area (Å²) in [5, 5.41) is 20.0. The number of benzene rings is 1. The van der Waals surface area contributed by atoms with Crippen molar-refractivity contribution in [3.05, 3.63) is 73.8 Å². The molecule has 3 aromatic rings. The number of nitrogens with one attached hydrogen (secondary N) is 1. The number of fused-ring (bicyclic) bond motifs is 2. The van der Waals surface area contributed by atoms with Crippen LogP contribution in [0.2, 0.25) is 0 Å². The monoisotopic (exact) mass is 419 g/mol. The second-order valence-corrected chi connectivity index (χ2v) is 8.23. The zero-order valence-corrected chi connectivity index (χ0v) is 16.9. The van der Waals surface area contributed by atoms with Gasteiger partial charge in [0.05, 0.1) is 18.2 Å². The fourth-order valence-corrected chi connectivity index (χ4v) is 4.67. The highest BCUT2D eigenvalue weighted by Gasteiger charge is 2.40. The Hall–Kier alpha value is -3.57. The van der Waals surface area contributed by atoms with E-state index in [4.69, 9.17) is 19.6 Å². The van der Waals surface area contributed by atoms with Crippen LogP contribution >= 0.6 is 11.3 Å². The van der Waals surface area contributed by atoms with Crippen molar-refractivity contribution < 1.29 is 14.2 Å². The van der Waals surface area contributed by atoms with Gasteiger partial charge in [-0.3, -0.25) is 10.2 Å². The van der Waals surface area contributed by atoms with Crippen LogP contribution in [0.5, 0.6) is 17.2 Å². The smallest absolute Gasteiger partial charge is 0.258 e. The van der Waals surface area contributed by atoms with Crippen molar-refractivity contribution in [2.75, 3.05) is 6.79 Å². The van der Waals surface area contributed by atoms with Crippen molar-refractivity contribution in [1.82, 2.24) is 4.57 Å². The number of nitrogens with zero attached hydrogens (tertiary/aromatic N) is 2. The maximum atomic E-state index is 13.6. The second kappa shape index (κ2) is 7.04. The Kier molecular flexibility index (Phi) is 4.33. The Labute approximate surface area is 176 Å². The molecule has 1 N–H and O–H groups in total. The minimum absolute atomic E-state index is 0.132. The molecule has 4 heterocycles. The minimum atomic E-state index is -0.913. The maximum Gasteiger partial charge on any atom is 0.258 e. The summed E-state index contributed by atoms with van der Waals surface area (Å²) >= 11 is 1.58. The van der Waals surface area contributed by atoms with Gasteiger partial charge < -0.3 is 18.8 Å². The normalized spacial score (nSPS) is 19.1. The van der Waals surface area contributed by atoms with E-state index in [1.54, 1.807) is 34.1 Å². The van der Waals surface area contributed by atoms with Gasteiger partial charge in [-0.25, -0.2) is 0 Å². The van der Waals surface area contributed by atoms with Crippen LogP contribution in [0.1, 0.15) is 27.6 Å². The minimum Gasteiger partial charge on any atom is -0.454 e. The van der Waals surface area contributed by atoms with E-state index in [2.05, 4.69) is 6.07 Å². The number of hydrogen-bond acceptors (Lipinski definition) is 7. The lowest BCUT2D eigenvalue weighted by Gasteiger charge is -2.30. The van der Waals surface area contributed by atoms with E-state index in [1.807, 2.05) is 30.5 Å². The van der Waals surface area contributed by atoms with Crippen LogP contribution in [0, 0.1) is 29.6 Å². The van der Waals surface area contributed by atoms with Crippen molar-refractivity contribution in [3.8, 4) is 23.3 Å². The molecule has 2 atom stereocenters. The zero-order chi connectivity index (χ0) is 20.8. The first-order valence-electron chi connectivity index (χ1n) is 9.39.